The number of aliphatic carboxylic acids is 1. The van der Waals surface area contributed by atoms with E-state index in [0.29, 0.717) is 0 Å². The molecule has 0 spiro atoms. The number of carboxylic acids is 1. The Morgan fingerprint density at radius 1 is 1.38 bits per heavy atom. The van der Waals surface area contributed by atoms with E-state index in [1.807, 2.05) is 0 Å². The Bertz CT molecular complexity index is 376. The van der Waals surface area contributed by atoms with Crippen LogP contribution in [0.4, 0.5) is 4.39 Å². The molecule has 0 aliphatic carbocycles. The molecule has 1 aromatic carbocycles. The van der Waals surface area contributed by atoms with Gasteiger partial charge in [0.15, 0.2) is 0 Å². The molecule has 0 atom stereocenters. The van der Waals surface area contributed by atoms with E-state index in [1.54, 1.807) is 0 Å². The van der Waals surface area contributed by atoms with Gasteiger partial charge in [-0.05, 0) is 18.2 Å². The van der Waals surface area contributed by atoms with E-state index in [0.717, 1.165) is 18.2 Å². The highest BCUT2D eigenvalue weighted by Crippen LogP contribution is 2.17. The molecule has 0 heterocycles. The van der Waals surface area contributed by atoms with Gasteiger partial charge in [0, 0.05) is 0 Å². The highest BCUT2D eigenvalue weighted by molar-refractivity contribution is 6.44. The molecular formula is C8H4ClFO3. The van der Waals surface area contributed by atoms with Crippen molar-refractivity contribution in [2.24, 2.45) is 0 Å². The van der Waals surface area contributed by atoms with Crippen LogP contribution in [0.15, 0.2) is 18.2 Å². The number of rotatable bonds is 2. The molecule has 0 saturated carbocycles. The fraction of sp³-hybridized carbons (Fsp3) is 0. The maximum absolute atomic E-state index is 12.6. The number of hydrogen-bond donors (Lipinski definition) is 1. The van der Waals surface area contributed by atoms with Crippen molar-refractivity contribution < 1.29 is 19.1 Å². The zero-order chi connectivity index (χ0) is 10.0. The van der Waals surface area contributed by atoms with Crippen molar-refractivity contribution in [3.8, 4) is 0 Å². The lowest BCUT2D eigenvalue weighted by Crippen LogP contribution is -2.13. The summed E-state index contributed by atoms with van der Waals surface area (Å²) in [5.41, 5.74) is -0.339. The molecule has 0 fully saturated rings. The largest absolute Gasteiger partial charge is 0.475 e. The minimum atomic E-state index is -1.66. The number of hydrogen-bond acceptors (Lipinski definition) is 2. The summed E-state index contributed by atoms with van der Waals surface area (Å²) in [6.07, 6.45) is 0. The minimum absolute atomic E-state index is 0.0752. The Balaban J connectivity index is 3.21. The van der Waals surface area contributed by atoms with Crippen molar-refractivity contribution in [3.63, 3.8) is 0 Å². The molecular weight excluding hydrogens is 199 g/mol. The summed E-state index contributed by atoms with van der Waals surface area (Å²) in [7, 11) is 0. The average Bonchev–Trinajstić information content (AvgIpc) is 2.08. The molecule has 1 aromatic rings. The summed E-state index contributed by atoms with van der Waals surface area (Å²) in [5.74, 6) is -3.58. The molecule has 0 aliphatic heterocycles. The van der Waals surface area contributed by atoms with Crippen LogP contribution in [0.2, 0.25) is 5.02 Å². The van der Waals surface area contributed by atoms with Gasteiger partial charge in [0.25, 0.3) is 5.78 Å². The van der Waals surface area contributed by atoms with Crippen LogP contribution < -0.4 is 0 Å². The zero-order valence-electron chi connectivity index (χ0n) is 6.25. The van der Waals surface area contributed by atoms with Crippen LogP contribution >= 0.6 is 11.6 Å². The van der Waals surface area contributed by atoms with Crippen LogP contribution in [-0.2, 0) is 4.79 Å². The Morgan fingerprint density at radius 2 is 2.00 bits per heavy atom. The molecule has 0 aromatic heterocycles. The Labute approximate surface area is 77.7 Å². The first-order chi connectivity index (χ1) is 6.02. The predicted molar refractivity (Wildman–Crippen MR) is 43.4 cm³/mol. The highest BCUT2D eigenvalue weighted by Gasteiger charge is 2.18. The van der Waals surface area contributed by atoms with E-state index < -0.39 is 17.6 Å². The first-order valence-corrected chi connectivity index (χ1v) is 3.63. The summed E-state index contributed by atoms with van der Waals surface area (Å²) in [5, 5.41) is 8.24. The van der Waals surface area contributed by atoms with Crippen molar-refractivity contribution in [3.05, 3.63) is 34.6 Å². The Kier molecular flexibility index (Phi) is 2.63. The number of carboxylic acid groups (broad SMARTS) is 1. The monoisotopic (exact) mass is 202 g/mol. The van der Waals surface area contributed by atoms with Gasteiger partial charge in [-0.25, -0.2) is 9.18 Å². The zero-order valence-corrected chi connectivity index (χ0v) is 7.01. The standard InChI is InChI=1S/C8H4ClFO3/c9-6-2-1-4(10)3-5(6)7(11)8(12)13/h1-3H,(H,12,13). The predicted octanol–water partition coefficient (Wildman–Crippen LogP) is 1.75. The highest BCUT2D eigenvalue weighted by atomic mass is 35.5. The lowest BCUT2D eigenvalue weighted by Gasteiger charge is -1.98. The van der Waals surface area contributed by atoms with E-state index in [4.69, 9.17) is 16.7 Å². The molecule has 0 amide bonds. The van der Waals surface area contributed by atoms with Crippen LogP contribution in [0.1, 0.15) is 10.4 Å². The van der Waals surface area contributed by atoms with Gasteiger partial charge in [0.2, 0.25) is 0 Å². The van der Waals surface area contributed by atoms with Gasteiger partial charge in [-0.3, -0.25) is 4.79 Å². The lowest BCUT2D eigenvalue weighted by molar-refractivity contribution is -0.131. The Hall–Kier alpha value is -1.42. The van der Waals surface area contributed by atoms with E-state index in [1.165, 1.54) is 0 Å². The third kappa shape index (κ3) is 2.03. The lowest BCUT2D eigenvalue weighted by atomic mass is 10.1. The van der Waals surface area contributed by atoms with Gasteiger partial charge in [-0.2, -0.15) is 0 Å². The van der Waals surface area contributed by atoms with Crippen LogP contribution in [-0.4, -0.2) is 16.9 Å². The molecule has 68 valence electrons. The fourth-order valence-electron chi connectivity index (χ4n) is 0.787. The smallest absolute Gasteiger partial charge is 0.377 e. The third-order valence-corrected chi connectivity index (χ3v) is 1.70. The first-order valence-electron chi connectivity index (χ1n) is 3.25. The van der Waals surface area contributed by atoms with Gasteiger partial charge in [0.05, 0.1) is 10.6 Å². The number of ketones is 1. The minimum Gasteiger partial charge on any atom is -0.475 e. The summed E-state index contributed by atoms with van der Waals surface area (Å²) in [6, 6.07) is 2.97. The van der Waals surface area contributed by atoms with Crippen molar-refractivity contribution >= 4 is 23.4 Å². The molecule has 0 radical (unpaired) electrons. The maximum Gasteiger partial charge on any atom is 0.377 e. The number of Topliss-reactive ketones (excluding diaryl/α,β-unsaturated/α-hetero) is 1. The van der Waals surface area contributed by atoms with Crippen molar-refractivity contribution in [1.29, 1.82) is 0 Å². The van der Waals surface area contributed by atoms with Crippen molar-refractivity contribution in [2.75, 3.05) is 0 Å². The first kappa shape index (κ1) is 9.67. The van der Waals surface area contributed by atoms with Gasteiger partial charge in [0.1, 0.15) is 5.82 Å². The maximum atomic E-state index is 12.6. The van der Waals surface area contributed by atoms with Crippen LogP contribution in [0.5, 0.6) is 0 Å². The molecule has 1 N–H and O–H groups in total. The molecule has 0 bridgehead atoms. The molecule has 0 aliphatic rings. The van der Waals surface area contributed by atoms with E-state index in [-0.39, 0.29) is 10.6 Å². The van der Waals surface area contributed by atoms with Gasteiger partial charge in [-0.1, -0.05) is 11.6 Å². The summed E-state index contributed by atoms with van der Waals surface area (Å²) in [6.45, 7) is 0. The molecule has 0 unspecified atom stereocenters. The third-order valence-electron chi connectivity index (χ3n) is 1.37. The van der Waals surface area contributed by atoms with Gasteiger partial charge < -0.3 is 5.11 Å². The van der Waals surface area contributed by atoms with Crippen molar-refractivity contribution in [2.45, 2.75) is 0 Å². The molecule has 1 rings (SSSR count). The molecule has 13 heavy (non-hydrogen) atoms. The molecule has 3 nitrogen and oxygen atoms in total. The Morgan fingerprint density at radius 3 is 2.54 bits per heavy atom. The molecule has 5 heteroatoms. The fourth-order valence-corrected chi connectivity index (χ4v) is 0.990. The van der Waals surface area contributed by atoms with E-state index in [9.17, 15) is 14.0 Å². The number of carbonyl (C=O) groups excluding carboxylic acids is 1. The second kappa shape index (κ2) is 3.53. The number of benzene rings is 1. The van der Waals surface area contributed by atoms with E-state index in [2.05, 4.69) is 0 Å². The van der Waals surface area contributed by atoms with Crippen molar-refractivity contribution in [1.82, 2.24) is 0 Å². The quantitative estimate of drug-likeness (QED) is 0.587. The second-order valence-corrected chi connectivity index (χ2v) is 2.67. The summed E-state index contributed by atoms with van der Waals surface area (Å²) >= 11 is 5.48. The number of halogens is 2. The van der Waals surface area contributed by atoms with Crippen LogP contribution in [0.3, 0.4) is 0 Å². The topological polar surface area (TPSA) is 54.4 Å². The SMILES string of the molecule is O=C(O)C(=O)c1cc(F)ccc1Cl. The summed E-state index contributed by atoms with van der Waals surface area (Å²) < 4.78 is 12.6. The van der Waals surface area contributed by atoms with E-state index >= 15 is 0 Å². The average molecular weight is 203 g/mol. The van der Waals surface area contributed by atoms with Crippen LogP contribution in [0, 0.1) is 5.82 Å². The molecule has 0 saturated heterocycles. The van der Waals surface area contributed by atoms with Gasteiger partial charge in [-0.15, -0.1) is 0 Å². The van der Waals surface area contributed by atoms with Gasteiger partial charge >= 0.3 is 5.97 Å². The second-order valence-electron chi connectivity index (χ2n) is 2.26. The van der Waals surface area contributed by atoms with Crippen LogP contribution in [0.25, 0.3) is 0 Å². The summed E-state index contributed by atoms with van der Waals surface area (Å²) in [4.78, 5) is 21.1. The number of carbonyl (C=O) groups is 2. The normalized spacial score (nSPS) is 9.69.